The first-order valence-electron chi connectivity index (χ1n) is 21.3. The van der Waals surface area contributed by atoms with Gasteiger partial charge in [0.05, 0.1) is 24.9 Å². The molecule has 0 aromatic rings. The second-order valence-electron chi connectivity index (χ2n) is 14.8. The summed E-state index contributed by atoms with van der Waals surface area (Å²) in [6, 6.07) is 0. The summed E-state index contributed by atoms with van der Waals surface area (Å²) in [6.45, 7) is 5.57. The highest BCUT2D eigenvalue weighted by molar-refractivity contribution is 7.46. The zero-order valence-corrected chi connectivity index (χ0v) is 35.7. The molecule has 5 N–H and O–H groups in total. The Bertz CT molecular complexity index is 1160. The highest BCUT2D eigenvalue weighted by Gasteiger charge is 2.23. The van der Waals surface area contributed by atoms with Crippen molar-refractivity contribution in [2.24, 2.45) is 5.92 Å². The maximum Gasteiger partial charge on any atom is 0.469 e. The summed E-state index contributed by atoms with van der Waals surface area (Å²) in [5, 5.41) is 30.3. The minimum Gasteiger partial charge on any atom is -0.462 e. The first-order chi connectivity index (χ1) is 26.9. The average Bonchev–Trinajstić information content (AvgIpc) is 3.16. The van der Waals surface area contributed by atoms with Gasteiger partial charge in [-0.1, -0.05) is 178 Å². The Balaban J connectivity index is 4.23. The lowest BCUT2D eigenvalue weighted by atomic mass is 9.99. The molecule has 0 fully saturated rings. The predicted molar refractivity (Wildman–Crippen MR) is 225 cm³/mol. The van der Waals surface area contributed by atoms with E-state index in [1.54, 1.807) is 42.5 Å². The number of phosphoric ester groups is 1. The van der Waals surface area contributed by atoms with Crippen LogP contribution in [0, 0.1) is 5.92 Å². The van der Waals surface area contributed by atoms with Crippen LogP contribution in [0.1, 0.15) is 162 Å². The minimum atomic E-state index is -4.86. The number of ether oxygens (including phenoxy) is 2. The quantitative estimate of drug-likeness (QED) is 0.0133. The van der Waals surface area contributed by atoms with Crippen molar-refractivity contribution >= 4 is 19.8 Å². The van der Waals surface area contributed by atoms with Crippen LogP contribution >= 0.6 is 7.82 Å². The van der Waals surface area contributed by atoms with E-state index in [1.807, 2.05) is 19.1 Å². The molecule has 0 aliphatic carbocycles. The van der Waals surface area contributed by atoms with Crippen molar-refractivity contribution in [2.75, 3.05) is 13.2 Å². The largest absolute Gasteiger partial charge is 0.469 e. The van der Waals surface area contributed by atoms with Gasteiger partial charge in [-0.05, 0) is 38.0 Å². The van der Waals surface area contributed by atoms with Gasteiger partial charge in [-0.15, -0.1) is 0 Å². The lowest BCUT2D eigenvalue weighted by Gasteiger charge is -2.19. The van der Waals surface area contributed by atoms with Gasteiger partial charge in [-0.2, -0.15) is 0 Å². The van der Waals surface area contributed by atoms with Crippen molar-refractivity contribution in [3.63, 3.8) is 0 Å². The number of esters is 2. The molecule has 0 saturated carbocycles. The molecule has 0 aromatic carbocycles. The van der Waals surface area contributed by atoms with E-state index in [9.17, 15) is 29.5 Å². The van der Waals surface area contributed by atoms with Crippen molar-refractivity contribution in [1.29, 1.82) is 0 Å². The Morgan fingerprint density at radius 1 is 0.625 bits per heavy atom. The fourth-order valence-corrected chi connectivity index (χ4v) is 6.11. The molecule has 324 valence electrons. The molecule has 0 bridgehead atoms. The molecule has 0 aliphatic heterocycles. The molecule has 0 heterocycles. The maximum atomic E-state index is 12.4. The number of unbranched alkanes of at least 4 members (excludes halogenated alkanes) is 13. The molecule has 56 heavy (non-hydrogen) atoms. The van der Waals surface area contributed by atoms with Crippen molar-refractivity contribution < 1.29 is 53.3 Å². The summed E-state index contributed by atoms with van der Waals surface area (Å²) in [5.41, 5.74) is 0. The van der Waals surface area contributed by atoms with E-state index < -0.39 is 57.4 Å². The zero-order valence-electron chi connectivity index (χ0n) is 34.8. The minimum absolute atomic E-state index is 0.0857. The first kappa shape index (κ1) is 53.6. The number of aliphatic hydroxyl groups is 3. The number of hydrogen-bond donors (Lipinski definition) is 5. The van der Waals surface area contributed by atoms with Gasteiger partial charge in [-0.25, -0.2) is 4.57 Å². The molecule has 0 aromatic heterocycles. The van der Waals surface area contributed by atoms with E-state index in [1.165, 1.54) is 83.1 Å². The average molecular weight is 813 g/mol. The van der Waals surface area contributed by atoms with Crippen LogP contribution in [0.5, 0.6) is 0 Å². The van der Waals surface area contributed by atoms with Gasteiger partial charge >= 0.3 is 19.8 Å². The molecule has 0 aliphatic rings. The summed E-state index contributed by atoms with van der Waals surface area (Å²) in [6.07, 6.45) is 34.6. The van der Waals surface area contributed by atoms with Gasteiger partial charge in [0, 0.05) is 12.8 Å². The number of carbonyl (C=O) groups excluding carboxylic acids is 2. The SMILES string of the molecule is CC/C=C\C[C@H](O)/C=C/C=C/C=C\C=C/[C@@H](O)[C@H](O)CCCC(=O)O[C@H](COC(=O)CCCCCCCCCCCCCCCCC(C)CC)COP(=O)(O)O. The van der Waals surface area contributed by atoms with Gasteiger partial charge in [0.15, 0.2) is 6.10 Å². The maximum absolute atomic E-state index is 12.4. The number of allylic oxidation sites excluding steroid dienone is 7. The highest BCUT2D eigenvalue weighted by atomic mass is 31.2. The Hall–Kier alpha value is -2.37. The van der Waals surface area contributed by atoms with Crippen LogP contribution in [0.3, 0.4) is 0 Å². The molecule has 1 unspecified atom stereocenters. The van der Waals surface area contributed by atoms with Crippen LogP contribution in [0.4, 0.5) is 0 Å². The number of rotatable bonds is 37. The molecule has 11 nitrogen and oxygen atoms in total. The van der Waals surface area contributed by atoms with Crippen LogP contribution in [-0.2, 0) is 28.2 Å². The summed E-state index contributed by atoms with van der Waals surface area (Å²) in [7, 11) is -4.86. The Morgan fingerprint density at radius 3 is 1.70 bits per heavy atom. The van der Waals surface area contributed by atoms with Crippen molar-refractivity contribution in [3.8, 4) is 0 Å². The lowest BCUT2D eigenvalue weighted by molar-refractivity contribution is -0.161. The van der Waals surface area contributed by atoms with Gasteiger partial charge in [0.2, 0.25) is 0 Å². The van der Waals surface area contributed by atoms with E-state index in [4.69, 9.17) is 19.3 Å². The van der Waals surface area contributed by atoms with Crippen LogP contribution in [-0.4, -0.2) is 74.7 Å². The topological polar surface area (TPSA) is 180 Å². The van der Waals surface area contributed by atoms with Crippen LogP contribution < -0.4 is 0 Å². The van der Waals surface area contributed by atoms with Gasteiger partial charge < -0.3 is 34.6 Å². The zero-order chi connectivity index (χ0) is 41.7. The molecule has 0 rings (SSSR count). The molecule has 12 heteroatoms. The monoisotopic (exact) mass is 813 g/mol. The molecule has 0 amide bonds. The number of aliphatic hydroxyl groups excluding tert-OH is 3. The van der Waals surface area contributed by atoms with Gasteiger partial charge in [-0.3, -0.25) is 14.1 Å². The fraction of sp³-hybridized carbons (Fsp3) is 0.727. The fourth-order valence-electron chi connectivity index (χ4n) is 5.75. The van der Waals surface area contributed by atoms with Crippen molar-refractivity contribution in [1.82, 2.24) is 0 Å². The second-order valence-corrected chi connectivity index (χ2v) is 16.0. The smallest absolute Gasteiger partial charge is 0.462 e. The van der Waals surface area contributed by atoms with Crippen LogP contribution in [0.25, 0.3) is 0 Å². The van der Waals surface area contributed by atoms with Crippen LogP contribution in [0.2, 0.25) is 0 Å². The van der Waals surface area contributed by atoms with E-state index >= 15 is 0 Å². The van der Waals surface area contributed by atoms with E-state index in [2.05, 4.69) is 18.4 Å². The van der Waals surface area contributed by atoms with Gasteiger partial charge in [0.25, 0.3) is 0 Å². The normalized spacial score (nSPS) is 15.4. The molecular weight excluding hydrogens is 735 g/mol. The molecule has 0 radical (unpaired) electrons. The Labute approximate surface area is 338 Å². The Morgan fingerprint density at radius 2 is 1.14 bits per heavy atom. The number of carbonyl (C=O) groups is 2. The van der Waals surface area contributed by atoms with E-state index in [0.29, 0.717) is 12.8 Å². The number of phosphoric acid groups is 1. The molecule has 0 saturated heterocycles. The third-order valence-corrected chi connectivity index (χ3v) is 9.92. The van der Waals surface area contributed by atoms with Crippen LogP contribution in [0.15, 0.2) is 60.8 Å². The van der Waals surface area contributed by atoms with Crippen molar-refractivity contribution in [3.05, 3.63) is 60.8 Å². The highest BCUT2D eigenvalue weighted by Crippen LogP contribution is 2.36. The predicted octanol–water partition coefficient (Wildman–Crippen LogP) is 9.67. The van der Waals surface area contributed by atoms with E-state index in [0.717, 1.165) is 31.6 Å². The van der Waals surface area contributed by atoms with Gasteiger partial charge in [0.1, 0.15) is 6.61 Å². The van der Waals surface area contributed by atoms with Crippen molar-refractivity contribution in [2.45, 2.75) is 186 Å². The Kier molecular flexibility index (Phi) is 35.4. The molecular formula is C44H77O11P. The molecule has 0 spiro atoms. The second kappa shape index (κ2) is 36.9. The third kappa shape index (κ3) is 37.2. The summed E-state index contributed by atoms with van der Waals surface area (Å²) < 4.78 is 26.2. The first-order valence-corrected chi connectivity index (χ1v) is 22.8. The standard InChI is InChI=1S/C44H77O11P/c1-4-6-23-30-39(45)31-25-20-17-18-21-26-32-41(46)42(47)33-28-35-44(49)55-40(37-54-56(50,51)52)36-53-43(48)34-27-22-16-14-12-10-8-7-9-11-13-15-19-24-29-38(3)5-2/h6,17-18,20-21,23,25-26,31-32,38-42,45-47H,4-5,7-16,19,22,24,27-30,33-37H2,1-3H3,(H2,50,51,52)/b20-17+,21-18-,23-6-,31-25+,32-26-/t38?,39-,40+,41+,42+/m0/s1. The van der Waals surface area contributed by atoms with E-state index in [-0.39, 0.29) is 25.7 Å². The lowest BCUT2D eigenvalue weighted by Crippen LogP contribution is -2.29. The number of hydrogen-bond acceptors (Lipinski definition) is 9. The summed E-state index contributed by atoms with van der Waals surface area (Å²) in [5.74, 6) is -0.352. The summed E-state index contributed by atoms with van der Waals surface area (Å²) >= 11 is 0. The third-order valence-electron chi connectivity index (χ3n) is 9.43. The molecule has 5 atom stereocenters. The summed E-state index contributed by atoms with van der Waals surface area (Å²) in [4.78, 5) is 42.9.